The zero-order valence-electron chi connectivity index (χ0n) is 9.75. The fraction of sp³-hybridized carbons (Fsp3) is 0.625. The van der Waals surface area contributed by atoms with Gasteiger partial charge in [-0.25, -0.2) is 0 Å². The van der Waals surface area contributed by atoms with E-state index in [9.17, 15) is 0 Å². The highest BCUT2D eigenvalue weighted by atomic mass is 16.5. The maximum absolute atomic E-state index is 9.13. The first kappa shape index (κ1) is 13.4. The SMILES string of the molecule is COCNc1nc(N)nc(N(CO)COC)n1. The molecule has 0 spiro atoms. The summed E-state index contributed by atoms with van der Waals surface area (Å²) in [6, 6.07) is 0. The number of hydrogen-bond acceptors (Lipinski definition) is 9. The lowest BCUT2D eigenvalue weighted by molar-refractivity contribution is 0.166. The zero-order chi connectivity index (χ0) is 12.7. The van der Waals surface area contributed by atoms with E-state index in [4.69, 9.17) is 20.3 Å². The van der Waals surface area contributed by atoms with Crippen LogP contribution in [0.4, 0.5) is 17.8 Å². The number of aromatic nitrogens is 3. The van der Waals surface area contributed by atoms with Gasteiger partial charge in [-0.2, -0.15) is 15.0 Å². The van der Waals surface area contributed by atoms with Crippen LogP contribution in [0.1, 0.15) is 0 Å². The van der Waals surface area contributed by atoms with E-state index in [0.29, 0.717) is 0 Å². The lowest BCUT2D eigenvalue weighted by Crippen LogP contribution is -2.29. The molecule has 0 saturated heterocycles. The highest BCUT2D eigenvalue weighted by molar-refractivity contribution is 5.41. The molecule has 0 radical (unpaired) electrons. The number of ether oxygens (including phenoxy) is 2. The van der Waals surface area contributed by atoms with E-state index in [1.807, 2.05) is 0 Å². The normalized spacial score (nSPS) is 10.3. The third-order valence-electron chi connectivity index (χ3n) is 1.75. The molecule has 9 nitrogen and oxygen atoms in total. The van der Waals surface area contributed by atoms with Crippen LogP contribution in [0.15, 0.2) is 0 Å². The predicted octanol–water partition coefficient (Wildman–Crippen LogP) is -1.17. The minimum atomic E-state index is -0.291. The Morgan fingerprint density at radius 1 is 1.29 bits per heavy atom. The Labute approximate surface area is 98.6 Å². The molecule has 0 unspecified atom stereocenters. The van der Waals surface area contributed by atoms with Gasteiger partial charge in [-0.1, -0.05) is 0 Å². The Bertz CT molecular complexity index is 350. The van der Waals surface area contributed by atoms with Crippen molar-refractivity contribution in [1.29, 1.82) is 0 Å². The molecule has 1 rings (SSSR count). The van der Waals surface area contributed by atoms with Crippen molar-refractivity contribution >= 4 is 17.8 Å². The Morgan fingerprint density at radius 2 is 2.06 bits per heavy atom. The summed E-state index contributed by atoms with van der Waals surface area (Å²) in [7, 11) is 3.03. The summed E-state index contributed by atoms with van der Waals surface area (Å²) in [4.78, 5) is 13.2. The van der Waals surface area contributed by atoms with Crippen LogP contribution >= 0.6 is 0 Å². The highest BCUT2D eigenvalue weighted by Gasteiger charge is 2.11. The van der Waals surface area contributed by atoms with Crippen molar-refractivity contribution in [2.75, 3.05) is 50.4 Å². The number of aliphatic hydroxyl groups is 1. The molecular weight excluding hydrogens is 228 g/mol. The first-order valence-electron chi connectivity index (χ1n) is 4.80. The van der Waals surface area contributed by atoms with E-state index in [1.165, 1.54) is 19.1 Å². The molecule has 1 aromatic rings. The Morgan fingerprint density at radius 3 is 2.65 bits per heavy atom. The molecule has 17 heavy (non-hydrogen) atoms. The van der Waals surface area contributed by atoms with Gasteiger partial charge in [-0.05, 0) is 0 Å². The second kappa shape index (κ2) is 6.78. The van der Waals surface area contributed by atoms with Gasteiger partial charge in [0.1, 0.15) is 20.2 Å². The minimum absolute atomic E-state index is 0.0446. The molecular formula is C8H16N6O3. The summed E-state index contributed by atoms with van der Waals surface area (Å²) in [5.74, 6) is 0.535. The first-order valence-corrected chi connectivity index (χ1v) is 4.80. The second-order valence-corrected chi connectivity index (χ2v) is 3.03. The summed E-state index contributed by atoms with van der Waals surface area (Å²) in [5, 5.41) is 11.9. The van der Waals surface area contributed by atoms with Crippen LogP contribution in [0.25, 0.3) is 0 Å². The van der Waals surface area contributed by atoms with Crippen LogP contribution in [0, 0.1) is 0 Å². The molecule has 4 N–H and O–H groups in total. The molecule has 0 amide bonds. The summed E-state index contributed by atoms with van der Waals surface area (Å²) in [6.07, 6.45) is 0. The molecule has 0 aromatic carbocycles. The first-order chi connectivity index (χ1) is 8.21. The van der Waals surface area contributed by atoms with E-state index in [2.05, 4.69) is 20.3 Å². The summed E-state index contributed by atoms with van der Waals surface area (Å²) in [6.45, 7) is 0.0942. The maximum atomic E-state index is 9.13. The molecule has 0 aliphatic rings. The van der Waals surface area contributed by atoms with Crippen molar-refractivity contribution in [3.63, 3.8) is 0 Å². The molecule has 1 heterocycles. The average Bonchev–Trinajstić information content (AvgIpc) is 2.32. The van der Waals surface area contributed by atoms with Crippen molar-refractivity contribution in [2.24, 2.45) is 0 Å². The third kappa shape index (κ3) is 3.98. The second-order valence-electron chi connectivity index (χ2n) is 3.03. The number of nitrogens with one attached hydrogen (secondary N) is 1. The third-order valence-corrected chi connectivity index (χ3v) is 1.75. The number of methoxy groups -OCH3 is 2. The molecule has 0 aliphatic heterocycles. The number of aliphatic hydroxyl groups excluding tert-OH is 1. The van der Waals surface area contributed by atoms with Crippen molar-refractivity contribution in [3.05, 3.63) is 0 Å². The highest BCUT2D eigenvalue weighted by Crippen LogP contribution is 2.11. The van der Waals surface area contributed by atoms with Gasteiger partial charge in [0.2, 0.25) is 17.8 Å². The van der Waals surface area contributed by atoms with E-state index in [0.717, 1.165) is 0 Å². The van der Waals surface area contributed by atoms with Gasteiger partial charge in [0, 0.05) is 14.2 Å². The lowest BCUT2D eigenvalue weighted by Gasteiger charge is -2.18. The number of hydrogen-bond donors (Lipinski definition) is 3. The molecule has 0 bridgehead atoms. The van der Waals surface area contributed by atoms with Crippen LogP contribution in [0.3, 0.4) is 0 Å². The largest absolute Gasteiger partial charge is 0.376 e. The number of nitrogen functional groups attached to an aromatic ring is 1. The van der Waals surface area contributed by atoms with Gasteiger partial charge in [0.15, 0.2) is 0 Å². The van der Waals surface area contributed by atoms with Gasteiger partial charge < -0.3 is 25.6 Å². The van der Waals surface area contributed by atoms with Crippen molar-refractivity contribution in [1.82, 2.24) is 15.0 Å². The van der Waals surface area contributed by atoms with Gasteiger partial charge in [0.05, 0.1) is 0 Å². The van der Waals surface area contributed by atoms with E-state index in [-0.39, 0.29) is 38.0 Å². The van der Waals surface area contributed by atoms with Crippen LogP contribution < -0.4 is 16.0 Å². The van der Waals surface area contributed by atoms with Crippen molar-refractivity contribution < 1.29 is 14.6 Å². The average molecular weight is 244 g/mol. The Balaban J connectivity index is 2.86. The molecule has 0 aliphatic carbocycles. The lowest BCUT2D eigenvalue weighted by atomic mass is 10.7. The van der Waals surface area contributed by atoms with Crippen molar-refractivity contribution in [3.8, 4) is 0 Å². The molecule has 1 aromatic heterocycles. The van der Waals surface area contributed by atoms with E-state index < -0.39 is 0 Å². The minimum Gasteiger partial charge on any atom is -0.376 e. The number of nitrogens with zero attached hydrogens (tertiary/aromatic N) is 4. The molecule has 9 heteroatoms. The summed E-state index contributed by atoms with van der Waals surface area (Å²) >= 11 is 0. The van der Waals surface area contributed by atoms with Gasteiger partial charge in [-0.3, -0.25) is 4.90 Å². The molecule has 96 valence electrons. The van der Waals surface area contributed by atoms with Crippen LogP contribution in [0.5, 0.6) is 0 Å². The van der Waals surface area contributed by atoms with Crippen LogP contribution in [0.2, 0.25) is 0 Å². The van der Waals surface area contributed by atoms with Gasteiger partial charge in [0.25, 0.3) is 0 Å². The number of rotatable bonds is 7. The fourth-order valence-corrected chi connectivity index (χ4v) is 1.06. The zero-order valence-corrected chi connectivity index (χ0v) is 9.75. The number of anilines is 3. The topological polar surface area (TPSA) is 119 Å². The predicted molar refractivity (Wildman–Crippen MR) is 61.2 cm³/mol. The number of nitrogens with two attached hydrogens (primary N) is 1. The Hall–Kier alpha value is -1.71. The van der Waals surface area contributed by atoms with Crippen LogP contribution in [-0.4, -0.2) is 54.5 Å². The van der Waals surface area contributed by atoms with E-state index in [1.54, 1.807) is 0 Å². The summed E-state index contributed by atoms with van der Waals surface area (Å²) < 4.78 is 9.71. The maximum Gasteiger partial charge on any atom is 0.235 e. The van der Waals surface area contributed by atoms with Gasteiger partial charge >= 0.3 is 0 Å². The fourth-order valence-electron chi connectivity index (χ4n) is 1.06. The van der Waals surface area contributed by atoms with Crippen molar-refractivity contribution in [2.45, 2.75) is 0 Å². The molecule has 0 fully saturated rings. The smallest absolute Gasteiger partial charge is 0.235 e. The van der Waals surface area contributed by atoms with Gasteiger partial charge in [-0.15, -0.1) is 0 Å². The Kier molecular flexibility index (Phi) is 5.33. The van der Waals surface area contributed by atoms with Crippen LogP contribution in [-0.2, 0) is 9.47 Å². The quantitative estimate of drug-likeness (QED) is 0.509. The monoisotopic (exact) mass is 244 g/mol. The summed E-state index contributed by atoms with van der Waals surface area (Å²) in [5.41, 5.74) is 5.53. The molecule has 0 saturated carbocycles. The van der Waals surface area contributed by atoms with E-state index >= 15 is 0 Å². The molecule has 0 atom stereocenters. The standard InChI is InChI=1S/C8H16N6O3/c1-16-3-10-7-11-6(9)12-8(13-7)14(4-15)5-17-2/h15H,3-5H2,1-2H3,(H3,9,10,11,12,13).